The van der Waals surface area contributed by atoms with Crippen molar-refractivity contribution in [1.82, 2.24) is 0 Å². The molecule has 2 unspecified atom stereocenters. The molecule has 0 amide bonds. The van der Waals surface area contributed by atoms with Crippen LogP contribution in [-0.4, -0.2) is 18.1 Å². The standard InChI is InChI=1S/C11H21ClO/c1-2-3-4-5-8-11-10(12)7-6-9-13-11/h10-11H,2-9H2,1H3. The summed E-state index contributed by atoms with van der Waals surface area (Å²) < 4.78 is 5.64. The average Bonchev–Trinajstić information content (AvgIpc) is 2.15. The highest BCUT2D eigenvalue weighted by atomic mass is 35.5. The fourth-order valence-electron chi connectivity index (χ4n) is 1.84. The van der Waals surface area contributed by atoms with Crippen molar-refractivity contribution in [1.29, 1.82) is 0 Å². The third-order valence-corrected chi connectivity index (χ3v) is 3.20. The van der Waals surface area contributed by atoms with Crippen LogP contribution in [0.25, 0.3) is 0 Å². The van der Waals surface area contributed by atoms with Gasteiger partial charge in [-0.25, -0.2) is 0 Å². The van der Waals surface area contributed by atoms with Gasteiger partial charge in [-0.05, 0) is 19.3 Å². The maximum atomic E-state index is 6.17. The lowest BCUT2D eigenvalue weighted by Gasteiger charge is -2.27. The zero-order valence-electron chi connectivity index (χ0n) is 8.60. The van der Waals surface area contributed by atoms with Gasteiger partial charge in [-0.3, -0.25) is 0 Å². The van der Waals surface area contributed by atoms with E-state index in [9.17, 15) is 0 Å². The van der Waals surface area contributed by atoms with Crippen molar-refractivity contribution in [2.24, 2.45) is 0 Å². The highest BCUT2D eigenvalue weighted by Gasteiger charge is 2.22. The van der Waals surface area contributed by atoms with Gasteiger partial charge in [0, 0.05) is 6.61 Å². The molecule has 13 heavy (non-hydrogen) atoms. The Balaban J connectivity index is 2.05. The van der Waals surface area contributed by atoms with Crippen LogP contribution >= 0.6 is 11.6 Å². The Kier molecular flexibility index (Phi) is 5.81. The molecular formula is C11H21ClO. The molecule has 1 saturated heterocycles. The summed E-state index contributed by atoms with van der Waals surface area (Å²) in [4.78, 5) is 0. The van der Waals surface area contributed by atoms with E-state index in [0.29, 0.717) is 6.10 Å². The summed E-state index contributed by atoms with van der Waals surface area (Å²) in [6, 6.07) is 0. The molecule has 2 heteroatoms. The Bertz CT molecular complexity index is 127. The molecule has 0 aromatic heterocycles. The first-order valence-corrected chi connectivity index (χ1v) is 6.04. The highest BCUT2D eigenvalue weighted by molar-refractivity contribution is 6.21. The van der Waals surface area contributed by atoms with Gasteiger partial charge in [0.15, 0.2) is 0 Å². The summed E-state index contributed by atoms with van der Waals surface area (Å²) in [6.45, 7) is 3.16. The van der Waals surface area contributed by atoms with Crippen LogP contribution in [-0.2, 0) is 4.74 Å². The topological polar surface area (TPSA) is 9.23 Å². The molecule has 0 bridgehead atoms. The number of hydrogen-bond donors (Lipinski definition) is 0. The predicted octanol–water partition coefficient (Wildman–Crippen LogP) is 3.74. The normalized spacial score (nSPS) is 29.1. The minimum absolute atomic E-state index is 0.273. The molecule has 0 saturated carbocycles. The molecule has 0 N–H and O–H groups in total. The molecule has 1 heterocycles. The van der Waals surface area contributed by atoms with Gasteiger partial charge in [0.05, 0.1) is 11.5 Å². The molecule has 0 aliphatic carbocycles. The first kappa shape index (κ1) is 11.3. The van der Waals surface area contributed by atoms with E-state index in [1.54, 1.807) is 0 Å². The van der Waals surface area contributed by atoms with E-state index in [-0.39, 0.29) is 5.38 Å². The number of halogens is 1. The molecule has 0 aromatic carbocycles. The second-order valence-electron chi connectivity index (χ2n) is 3.92. The molecule has 1 fully saturated rings. The first-order valence-electron chi connectivity index (χ1n) is 5.60. The van der Waals surface area contributed by atoms with Gasteiger partial charge in [0.25, 0.3) is 0 Å². The van der Waals surface area contributed by atoms with E-state index >= 15 is 0 Å². The maximum Gasteiger partial charge on any atom is 0.0738 e. The van der Waals surface area contributed by atoms with Crippen molar-refractivity contribution in [2.75, 3.05) is 6.61 Å². The van der Waals surface area contributed by atoms with E-state index in [0.717, 1.165) is 25.9 Å². The number of alkyl halides is 1. The number of hydrogen-bond acceptors (Lipinski definition) is 1. The van der Waals surface area contributed by atoms with Crippen LogP contribution in [0.5, 0.6) is 0 Å². The maximum absolute atomic E-state index is 6.17. The van der Waals surface area contributed by atoms with E-state index in [1.165, 1.54) is 25.7 Å². The average molecular weight is 205 g/mol. The van der Waals surface area contributed by atoms with Gasteiger partial charge in [-0.1, -0.05) is 32.6 Å². The van der Waals surface area contributed by atoms with Crippen LogP contribution in [0.15, 0.2) is 0 Å². The molecule has 0 aromatic rings. The van der Waals surface area contributed by atoms with Crippen molar-refractivity contribution in [3.8, 4) is 0 Å². The van der Waals surface area contributed by atoms with Crippen molar-refractivity contribution < 1.29 is 4.74 Å². The zero-order chi connectivity index (χ0) is 9.52. The molecule has 1 aliphatic heterocycles. The van der Waals surface area contributed by atoms with E-state index in [2.05, 4.69) is 6.92 Å². The summed E-state index contributed by atoms with van der Waals surface area (Å²) in [5, 5.41) is 0.273. The number of rotatable bonds is 5. The Morgan fingerprint density at radius 3 is 2.85 bits per heavy atom. The van der Waals surface area contributed by atoms with E-state index in [1.807, 2.05) is 0 Å². The largest absolute Gasteiger partial charge is 0.377 e. The summed E-state index contributed by atoms with van der Waals surface area (Å²) >= 11 is 6.17. The minimum Gasteiger partial charge on any atom is -0.377 e. The van der Waals surface area contributed by atoms with E-state index in [4.69, 9.17) is 16.3 Å². The molecule has 1 nitrogen and oxygen atoms in total. The molecule has 78 valence electrons. The second kappa shape index (κ2) is 6.67. The quantitative estimate of drug-likeness (QED) is 0.490. The molecule has 0 spiro atoms. The smallest absolute Gasteiger partial charge is 0.0738 e. The van der Waals surface area contributed by atoms with Gasteiger partial charge in [0.2, 0.25) is 0 Å². The van der Waals surface area contributed by atoms with Crippen molar-refractivity contribution in [3.05, 3.63) is 0 Å². The Morgan fingerprint density at radius 2 is 2.15 bits per heavy atom. The van der Waals surface area contributed by atoms with Crippen LogP contribution < -0.4 is 0 Å². The third-order valence-electron chi connectivity index (χ3n) is 2.70. The van der Waals surface area contributed by atoms with Crippen molar-refractivity contribution in [2.45, 2.75) is 63.4 Å². The Hall–Kier alpha value is 0.250. The van der Waals surface area contributed by atoms with Crippen LogP contribution in [0, 0.1) is 0 Å². The lowest BCUT2D eigenvalue weighted by Crippen LogP contribution is -2.30. The minimum atomic E-state index is 0.273. The van der Waals surface area contributed by atoms with Gasteiger partial charge >= 0.3 is 0 Å². The summed E-state index contributed by atoms with van der Waals surface area (Å²) in [5.74, 6) is 0. The van der Waals surface area contributed by atoms with Crippen LogP contribution in [0.1, 0.15) is 51.9 Å². The highest BCUT2D eigenvalue weighted by Crippen LogP contribution is 2.23. The molecule has 0 radical (unpaired) electrons. The van der Waals surface area contributed by atoms with Crippen molar-refractivity contribution >= 4 is 11.6 Å². The van der Waals surface area contributed by atoms with Gasteiger partial charge in [0.1, 0.15) is 0 Å². The monoisotopic (exact) mass is 204 g/mol. The fourth-order valence-corrected chi connectivity index (χ4v) is 2.19. The number of unbranched alkanes of at least 4 members (excludes halogenated alkanes) is 3. The summed E-state index contributed by atoms with van der Waals surface area (Å²) in [5.41, 5.74) is 0. The zero-order valence-corrected chi connectivity index (χ0v) is 9.35. The van der Waals surface area contributed by atoms with Crippen LogP contribution in [0.2, 0.25) is 0 Å². The SMILES string of the molecule is CCCCCCC1OCCCC1Cl. The molecule has 2 atom stereocenters. The lowest BCUT2D eigenvalue weighted by atomic mass is 10.0. The van der Waals surface area contributed by atoms with Crippen molar-refractivity contribution in [3.63, 3.8) is 0 Å². The Labute approximate surface area is 86.8 Å². The number of ether oxygens (including phenoxy) is 1. The lowest BCUT2D eigenvalue weighted by molar-refractivity contribution is 0.0131. The van der Waals surface area contributed by atoms with Crippen LogP contribution in [0.4, 0.5) is 0 Å². The van der Waals surface area contributed by atoms with Gasteiger partial charge < -0.3 is 4.74 Å². The second-order valence-corrected chi connectivity index (χ2v) is 4.48. The molecular weight excluding hydrogens is 184 g/mol. The van der Waals surface area contributed by atoms with Crippen LogP contribution in [0.3, 0.4) is 0 Å². The van der Waals surface area contributed by atoms with E-state index < -0.39 is 0 Å². The van der Waals surface area contributed by atoms with Gasteiger partial charge in [-0.2, -0.15) is 0 Å². The first-order chi connectivity index (χ1) is 6.34. The summed E-state index contributed by atoms with van der Waals surface area (Å²) in [6.07, 6.45) is 9.04. The Morgan fingerprint density at radius 1 is 1.31 bits per heavy atom. The molecule has 1 aliphatic rings. The summed E-state index contributed by atoms with van der Waals surface area (Å²) in [7, 11) is 0. The molecule has 1 rings (SSSR count). The third kappa shape index (κ3) is 4.33. The van der Waals surface area contributed by atoms with Gasteiger partial charge in [-0.15, -0.1) is 11.6 Å². The predicted molar refractivity (Wildman–Crippen MR) is 57.4 cm³/mol. The fraction of sp³-hybridized carbons (Fsp3) is 1.00.